The Kier molecular flexibility index (Phi) is 5.73. The van der Waals surface area contributed by atoms with Gasteiger partial charge in [-0.3, -0.25) is 9.59 Å². The number of carbonyl (C=O) groups excluding carboxylic acids is 2. The number of thioether (sulfide) groups is 1. The summed E-state index contributed by atoms with van der Waals surface area (Å²) >= 11 is 3.08. The average molecular weight is 403 g/mol. The SMILES string of the molecule is O=C(Nc1nnc(CSc2ccccc2)s1)C1CC(=O)N(C2CCCC2)C1. The lowest BCUT2D eigenvalue weighted by Gasteiger charge is -2.23. The molecule has 1 saturated carbocycles. The van der Waals surface area contributed by atoms with E-state index in [0.717, 1.165) is 23.6 Å². The second-order valence-electron chi connectivity index (χ2n) is 6.98. The van der Waals surface area contributed by atoms with Crippen molar-refractivity contribution in [1.82, 2.24) is 15.1 Å². The number of benzene rings is 1. The van der Waals surface area contributed by atoms with Crippen LogP contribution in [0.15, 0.2) is 35.2 Å². The van der Waals surface area contributed by atoms with E-state index in [1.807, 2.05) is 23.1 Å². The molecule has 1 saturated heterocycles. The number of amides is 2. The van der Waals surface area contributed by atoms with Gasteiger partial charge >= 0.3 is 0 Å². The molecule has 1 atom stereocenters. The second-order valence-corrected chi connectivity index (χ2v) is 9.09. The number of hydrogen-bond donors (Lipinski definition) is 1. The maximum Gasteiger partial charge on any atom is 0.231 e. The fourth-order valence-corrected chi connectivity index (χ4v) is 5.36. The zero-order chi connectivity index (χ0) is 18.6. The number of hydrogen-bond acceptors (Lipinski definition) is 6. The molecule has 1 unspecified atom stereocenters. The van der Waals surface area contributed by atoms with Crippen molar-refractivity contribution in [2.45, 2.75) is 48.8 Å². The van der Waals surface area contributed by atoms with Crippen LogP contribution in [0.25, 0.3) is 0 Å². The predicted molar refractivity (Wildman–Crippen MR) is 107 cm³/mol. The van der Waals surface area contributed by atoms with Gasteiger partial charge < -0.3 is 10.2 Å². The summed E-state index contributed by atoms with van der Waals surface area (Å²) in [6.45, 7) is 0.533. The molecule has 1 aromatic heterocycles. The lowest BCUT2D eigenvalue weighted by atomic mass is 10.1. The molecule has 2 heterocycles. The van der Waals surface area contributed by atoms with Crippen LogP contribution in [0, 0.1) is 5.92 Å². The summed E-state index contributed by atoms with van der Waals surface area (Å²) in [7, 11) is 0. The third-order valence-electron chi connectivity index (χ3n) is 5.10. The van der Waals surface area contributed by atoms with Crippen molar-refractivity contribution in [2.75, 3.05) is 11.9 Å². The highest BCUT2D eigenvalue weighted by atomic mass is 32.2. The first-order valence-corrected chi connectivity index (χ1v) is 11.1. The molecular weight excluding hydrogens is 380 g/mol. The van der Waals surface area contributed by atoms with Crippen molar-refractivity contribution in [1.29, 1.82) is 0 Å². The summed E-state index contributed by atoms with van der Waals surface area (Å²) in [5.74, 6) is 0.417. The normalized spacial score (nSPS) is 20.4. The molecule has 0 radical (unpaired) electrons. The summed E-state index contributed by atoms with van der Waals surface area (Å²) in [4.78, 5) is 27.9. The minimum atomic E-state index is -0.288. The lowest BCUT2D eigenvalue weighted by molar-refractivity contribution is -0.129. The highest BCUT2D eigenvalue weighted by Crippen LogP contribution is 2.30. The molecule has 4 rings (SSSR count). The molecule has 1 aliphatic heterocycles. The van der Waals surface area contributed by atoms with E-state index in [9.17, 15) is 9.59 Å². The van der Waals surface area contributed by atoms with Gasteiger partial charge in [-0.15, -0.1) is 22.0 Å². The number of rotatable bonds is 6. The van der Waals surface area contributed by atoms with Crippen molar-refractivity contribution in [2.24, 2.45) is 5.92 Å². The zero-order valence-corrected chi connectivity index (χ0v) is 16.6. The van der Waals surface area contributed by atoms with Crippen LogP contribution >= 0.6 is 23.1 Å². The van der Waals surface area contributed by atoms with Crippen molar-refractivity contribution in [3.63, 3.8) is 0 Å². The minimum absolute atomic E-state index is 0.110. The van der Waals surface area contributed by atoms with Gasteiger partial charge in [-0.2, -0.15) is 0 Å². The molecule has 0 bridgehead atoms. The molecule has 1 aromatic carbocycles. The van der Waals surface area contributed by atoms with Crippen LogP contribution in [-0.4, -0.2) is 39.5 Å². The van der Waals surface area contributed by atoms with E-state index in [1.165, 1.54) is 29.1 Å². The van der Waals surface area contributed by atoms with Crippen molar-refractivity contribution in [3.05, 3.63) is 35.3 Å². The molecule has 8 heteroatoms. The first-order valence-electron chi connectivity index (χ1n) is 9.29. The molecule has 2 fully saturated rings. The van der Waals surface area contributed by atoms with Crippen molar-refractivity contribution < 1.29 is 9.59 Å². The van der Waals surface area contributed by atoms with Gasteiger partial charge in [0.1, 0.15) is 5.01 Å². The molecule has 27 heavy (non-hydrogen) atoms. The number of nitrogens with zero attached hydrogens (tertiary/aromatic N) is 3. The Morgan fingerprint density at radius 3 is 2.78 bits per heavy atom. The quantitative estimate of drug-likeness (QED) is 0.748. The smallest absolute Gasteiger partial charge is 0.231 e. The molecule has 0 spiro atoms. The van der Waals surface area contributed by atoms with Crippen molar-refractivity contribution in [3.8, 4) is 0 Å². The molecule has 2 aliphatic rings. The van der Waals surface area contributed by atoms with Crippen LogP contribution < -0.4 is 5.32 Å². The van der Waals surface area contributed by atoms with E-state index in [1.54, 1.807) is 11.8 Å². The fourth-order valence-electron chi connectivity index (χ4n) is 3.71. The Balaban J connectivity index is 1.29. The number of anilines is 1. The molecule has 1 aliphatic carbocycles. The van der Waals surface area contributed by atoms with Crippen LogP contribution in [0.4, 0.5) is 5.13 Å². The lowest BCUT2D eigenvalue weighted by Crippen LogP contribution is -2.35. The zero-order valence-electron chi connectivity index (χ0n) is 15.0. The van der Waals surface area contributed by atoms with E-state index in [-0.39, 0.29) is 17.7 Å². The maximum absolute atomic E-state index is 12.6. The number of nitrogens with one attached hydrogen (secondary N) is 1. The van der Waals surface area contributed by atoms with Gasteiger partial charge in [-0.05, 0) is 25.0 Å². The molecule has 6 nitrogen and oxygen atoms in total. The number of carbonyl (C=O) groups is 2. The van der Waals surface area contributed by atoms with Gasteiger partial charge in [-0.1, -0.05) is 42.4 Å². The minimum Gasteiger partial charge on any atom is -0.339 e. The van der Waals surface area contributed by atoms with E-state index in [0.29, 0.717) is 24.1 Å². The average Bonchev–Trinajstić information content (AvgIpc) is 3.41. The van der Waals surface area contributed by atoms with E-state index >= 15 is 0 Å². The van der Waals surface area contributed by atoms with E-state index in [2.05, 4.69) is 27.6 Å². The highest BCUT2D eigenvalue weighted by Gasteiger charge is 2.38. The topological polar surface area (TPSA) is 75.2 Å². The third kappa shape index (κ3) is 4.50. The first kappa shape index (κ1) is 18.4. The van der Waals surface area contributed by atoms with Crippen LogP contribution in [0.1, 0.15) is 37.1 Å². The van der Waals surface area contributed by atoms with Crippen LogP contribution in [0.5, 0.6) is 0 Å². The molecule has 2 amide bonds. The largest absolute Gasteiger partial charge is 0.339 e. The fraction of sp³-hybridized carbons (Fsp3) is 0.474. The van der Waals surface area contributed by atoms with E-state index < -0.39 is 0 Å². The molecule has 2 aromatic rings. The first-order chi connectivity index (χ1) is 13.2. The van der Waals surface area contributed by atoms with Gasteiger partial charge in [-0.25, -0.2) is 0 Å². The van der Waals surface area contributed by atoms with E-state index in [4.69, 9.17) is 0 Å². The number of aromatic nitrogens is 2. The van der Waals surface area contributed by atoms with Gasteiger partial charge in [0, 0.05) is 23.9 Å². The van der Waals surface area contributed by atoms with Crippen LogP contribution in [0.3, 0.4) is 0 Å². The maximum atomic E-state index is 12.6. The van der Waals surface area contributed by atoms with Crippen LogP contribution in [-0.2, 0) is 15.3 Å². The molecule has 142 valence electrons. The summed E-state index contributed by atoms with van der Waals surface area (Å²) in [6, 6.07) is 10.4. The summed E-state index contributed by atoms with van der Waals surface area (Å²) in [5, 5.41) is 12.5. The van der Waals surface area contributed by atoms with Gasteiger partial charge in [0.05, 0.1) is 11.7 Å². The number of likely N-dealkylation sites (tertiary alicyclic amines) is 1. The predicted octanol–water partition coefficient (Wildman–Crippen LogP) is 3.56. The Labute approximate surface area is 166 Å². The Morgan fingerprint density at radius 2 is 2.00 bits per heavy atom. The monoisotopic (exact) mass is 402 g/mol. The second kappa shape index (κ2) is 8.39. The summed E-state index contributed by atoms with van der Waals surface area (Å²) in [5.41, 5.74) is 0. The van der Waals surface area contributed by atoms with Gasteiger partial charge in [0.2, 0.25) is 16.9 Å². The van der Waals surface area contributed by atoms with Gasteiger partial charge in [0.15, 0.2) is 0 Å². The Bertz CT molecular complexity index is 805. The standard InChI is InChI=1S/C19H22N4O2S2/c24-17-10-13(11-23(17)14-6-4-5-7-14)18(25)20-19-22-21-16(27-19)12-26-15-8-2-1-3-9-15/h1-3,8-9,13-14H,4-7,10-12H2,(H,20,22,25). The van der Waals surface area contributed by atoms with Crippen molar-refractivity contribution >= 4 is 40.0 Å². The van der Waals surface area contributed by atoms with Gasteiger partial charge in [0.25, 0.3) is 0 Å². The Hall–Kier alpha value is -1.93. The summed E-state index contributed by atoms with van der Waals surface area (Å²) in [6.07, 6.45) is 4.80. The Morgan fingerprint density at radius 1 is 1.22 bits per heavy atom. The molecule has 1 N–H and O–H groups in total. The molecular formula is C19H22N4O2S2. The third-order valence-corrected chi connectivity index (χ3v) is 7.14. The summed E-state index contributed by atoms with van der Waals surface area (Å²) < 4.78 is 0. The highest BCUT2D eigenvalue weighted by molar-refractivity contribution is 7.98. The van der Waals surface area contributed by atoms with Crippen LogP contribution in [0.2, 0.25) is 0 Å².